The minimum Gasteiger partial charge on any atom is -0.330 e. The molecule has 4 nitrogen and oxygen atoms in total. The summed E-state index contributed by atoms with van der Waals surface area (Å²) in [7, 11) is 0. The second-order valence-electron chi connectivity index (χ2n) is 3.96. The molecule has 16 heavy (non-hydrogen) atoms. The number of nitrogens with zero attached hydrogens (tertiary/aromatic N) is 3. The van der Waals surface area contributed by atoms with E-state index in [2.05, 4.69) is 10.2 Å². The number of aromatic nitrogens is 3. The third kappa shape index (κ3) is 2.04. The molecule has 0 amide bonds. The van der Waals surface area contributed by atoms with Crippen molar-refractivity contribution in [1.82, 2.24) is 14.8 Å². The van der Waals surface area contributed by atoms with Crippen LogP contribution in [0.4, 0.5) is 13.2 Å². The summed E-state index contributed by atoms with van der Waals surface area (Å²) in [5, 5.41) is 7.75. The van der Waals surface area contributed by atoms with Crippen LogP contribution in [-0.4, -0.2) is 27.5 Å². The summed E-state index contributed by atoms with van der Waals surface area (Å²) < 4.78 is 39.3. The maximum atomic E-state index is 12.6. The molecule has 1 atom stereocenters. The molecule has 1 aromatic rings. The Labute approximate surface area is 90.6 Å². The van der Waals surface area contributed by atoms with E-state index in [0.717, 1.165) is 0 Å². The zero-order valence-corrected chi connectivity index (χ0v) is 8.67. The Balaban J connectivity index is 2.21. The van der Waals surface area contributed by atoms with E-state index in [1.807, 2.05) is 0 Å². The molecule has 0 saturated heterocycles. The second kappa shape index (κ2) is 4.04. The molecule has 0 aliphatic carbocycles. The third-order valence-corrected chi connectivity index (χ3v) is 2.85. The first kappa shape index (κ1) is 11.4. The first-order chi connectivity index (χ1) is 7.52. The molecular formula is C9H13F3N4. The summed E-state index contributed by atoms with van der Waals surface area (Å²) in [4.78, 5) is 0. The van der Waals surface area contributed by atoms with Gasteiger partial charge >= 0.3 is 6.18 Å². The van der Waals surface area contributed by atoms with Crippen molar-refractivity contribution in [2.45, 2.75) is 32.0 Å². The van der Waals surface area contributed by atoms with Crippen molar-refractivity contribution in [3.8, 4) is 0 Å². The van der Waals surface area contributed by atoms with Gasteiger partial charge < -0.3 is 10.3 Å². The van der Waals surface area contributed by atoms with E-state index >= 15 is 0 Å². The molecule has 0 radical (unpaired) electrons. The Kier molecular flexibility index (Phi) is 2.88. The van der Waals surface area contributed by atoms with Crippen LogP contribution >= 0.6 is 0 Å². The van der Waals surface area contributed by atoms with Crippen LogP contribution in [0.5, 0.6) is 0 Å². The minimum atomic E-state index is -4.14. The highest BCUT2D eigenvalue weighted by atomic mass is 19.4. The summed E-state index contributed by atoms with van der Waals surface area (Å²) >= 11 is 0. The highest BCUT2D eigenvalue weighted by Crippen LogP contribution is 2.34. The zero-order valence-electron chi connectivity index (χ0n) is 8.67. The summed E-state index contributed by atoms with van der Waals surface area (Å²) in [5.41, 5.74) is 5.37. The third-order valence-electron chi connectivity index (χ3n) is 2.85. The van der Waals surface area contributed by atoms with Crippen LogP contribution in [0.1, 0.15) is 18.1 Å². The first-order valence-corrected chi connectivity index (χ1v) is 5.20. The van der Waals surface area contributed by atoms with Crippen molar-refractivity contribution in [3.05, 3.63) is 11.6 Å². The van der Waals surface area contributed by atoms with Crippen LogP contribution in [0, 0.1) is 5.92 Å². The van der Waals surface area contributed by atoms with E-state index in [-0.39, 0.29) is 13.0 Å². The van der Waals surface area contributed by atoms with Crippen molar-refractivity contribution in [3.63, 3.8) is 0 Å². The van der Waals surface area contributed by atoms with Crippen LogP contribution in [0.2, 0.25) is 0 Å². The van der Waals surface area contributed by atoms with Gasteiger partial charge in [-0.05, 0) is 13.0 Å². The van der Waals surface area contributed by atoms with Gasteiger partial charge in [-0.2, -0.15) is 13.2 Å². The van der Waals surface area contributed by atoms with Crippen molar-refractivity contribution in [2.75, 3.05) is 6.54 Å². The fourth-order valence-corrected chi connectivity index (χ4v) is 1.96. The molecule has 0 bridgehead atoms. The lowest BCUT2D eigenvalue weighted by molar-refractivity contribution is -0.182. The summed E-state index contributed by atoms with van der Waals surface area (Å²) in [6.07, 6.45) is -3.23. The predicted molar refractivity (Wildman–Crippen MR) is 50.6 cm³/mol. The standard InChI is InChI=1S/C9H13F3N4/c10-9(11,12)6-1-2-7-14-15-8(3-4-13)16(7)5-6/h6H,1-5,13H2/t6-/m0/s1. The van der Waals surface area contributed by atoms with Crippen molar-refractivity contribution in [1.29, 1.82) is 0 Å². The van der Waals surface area contributed by atoms with E-state index < -0.39 is 12.1 Å². The number of fused-ring (bicyclic) bond motifs is 1. The molecule has 1 aliphatic heterocycles. The summed E-state index contributed by atoms with van der Waals surface area (Å²) in [5.74, 6) is -0.0806. The number of aryl methyl sites for hydroxylation is 1. The summed E-state index contributed by atoms with van der Waals surface area (Å²) in [6, 6.07) is 0. The van der Waals surface area contributed by atoms with E-state index in [4.69, 9.17) is 5.73 Å². The lowest BCUT2D eigenvalue weighted by Gasteiger charge is -2.26. The molecule has 0 saturated carbocycles. The average Bonchev–Trinajstić information content (AvgIpc) is 2.60. The van der Waals surface area contributed by atoms with Gasteiger partial charge in [-0.1, -0.05) is 0 Å². The zero-order chi connectivity index (χ0) is 11.8. The van der Waals surface area contributed by atoms with Gasteiger partial charge in [0, 0.05) is 19.4 Å². The fourth-order valence-electron chi connectivity index (χ4n) is 1.96. The van der Waals surface area contributed by atoms with Crippen LogP contribution in [0.25, 0.3) is 0 Å². The van der Waals surface area contributed by atoms with Gasteiger partial charge in [-0.25, -0.2) is 0 Å². The van der Waals surface area contributed by atoms with Crippen molar-refractivity contribution < 1.29 is 13.2 Å². The van der Waals surface area contributed by atoms with Gasteiger partial charge in [-0.3, -0.25) is 0 Å². The van der Waals surface area contributed by atoms with Crippen molar-refractivity contribution in [2.24, 2.45) is 11.7 Å². The smallest absolute Gasteiger partial charge is 0.330 e. The number of alkyl halides is 3. The molecule has 2 N–H and O–H groups in total. The largest absolute Gasteiger partial charge is 0.393 e. The number of rotatable bonds is 2. The Morgan fingerprint density at radius 1 is 1.38 bits per heavy atom. The van der Waals surface area contributed by atoms with E-state index in [9.17, 15) is 13.2 Å². The van der Waals surface area contributed by atoms with Crippen LogP contribution in [0.15, 0.2) is 0 Å². The average molecular weight is 234 g/mol. The maximum absolute atomic E-state index is 12.6. The molecule has 90 valence electrons. The Morgan fingerprint density at radius 3 is 2.75 bits per heavy atom. The monoisotopic (exact) mass is 234 g/mol. The van der Waals surface area contributed by atoms with E-state index in [1.54, 1.807) is 4.57 Å². The van der Waals surface area contributed by atoms with Crippen molar-refractivity contribution >= 4 is 0 Å². The number of hydrogen-bond acceptors (Lipinski definition) is 3. The highest BCUT2D eigenvalue weighted by molar-refractivity contribution is 5.01. The summed E-state index contributed by atoms with van der Waals surface area (Å²) in [6.45, 7) is 0.302. The van der Waals surface area contributed by atoms with Gasteiger partial charge in [0.2, 0.25) is 0 Å². The van der Waals surface area contributed by atoms with E-state index in [0.29, 0.717) is 31.0 Å². The number of halogens is 3. The molecule has 2 rings (SSSR count). The number of hydrogen-bond donors (Lipinski definition) is 1. The fraction of sp³-hybridized carbons (Fsp3) is 0.778. The highest BCUT2D eigenvalue weighted by Gasteiger charge is 2.42. The van der Waals surface area contributed by atoms with Gasteiger partial charge in [0.15, 0.2) is 0 Å². The van der Waals surface area contributed by atoms with Gasteiger partial charge in [0.05, 0.1) is 5.92 Å². The molecule has 0 unspecified atom stereocenters. The normalized spacial score (nSPS) is 20.9. The van der Waals surface area contributed by atoms with Crippen LogP contribution in [-0.2, 0) is 19.4 Å². The Hall–Kier alpha value is -1.11. The molecule has 1 aromatic heterocycles. The Morgan fingerprint density at radius 2 is 2.12 bits per heavy atom. The van der Waals surface area contributed by atoms with Gasteiger partial charge in [-0.15, -0.1) is 10.2 Å². The molecule has 1 aliphatic rings. The molecule has 2 heterocycles. The van der Waals surface area contributed by atoms with Gasteiger partial charge in [0.1, 0.15) is 11.6 Å². The molecule has 7 heteroatoms. The molecule has 0 fully saturated rings. The lowest BCUT2D eigenvalue weighted by Crippen LogP contribution is -2.33. The molecule has 0 spiro atoms. The Bertz CT molecular complexity index is 371. The molecular weight excluding hydrogens is 221 g/mol. The maximum Gasteiger partial charge on any atom is 0.393 e. The number of nitrogens with two attached hydrogens (primary N) is 1. The van der Waals surface area contributed by atoms with Crippen LogP contribution in [0.3, 0.4) is 0 Å². The van der Waals surface area contributed by atoms with E-state index in [1.165, 1.54) is 0 Å². The predicted octanol–water partition coefficient (Wildman–Crippen LogP) is 0.904. The molecule has 0 aromatic carbocycles. The van der Waals surface area contributed by atoms with Gasteiger partial charge in [0.25, 0.3) is 0 Å². The SMILES string of the molecule is NCCc1nnc2n1C[C@@H](C(F)(F)F)CC2. The topological polar surface area (TPSA) is 56.7 Å². The quantitative estimate of drug-likeness (QED) is 0.827. The minimum absolute atomic E-state index is 0.0683. The van der Waals surface area contributed by atoms with Crippen LogP contribution < -0.4 is 5.73 Å². The lowest BCUT2D eigenvalue weighted by atomic mass is 9.99. The second-order valence-corrected chi connectivity index (χ2v) is 3.96. The first-order valence-electron chi connectivity index (χ1n) is 5.20.